The van der Waals surface area contributed by atoms with Crippen LogP contribution in [0.3, 0.4) is 0 Å². The second-order valence-corrected chi connectivity index (χ2v) is 13.0. The minimum Gasteiger partial charge on any atom is -0.355 e. The van der Waals surface area contributed by atoms with Crippen LogP contribution >= 0.6 is 106 Å². The molecule has 0 aliphatic heterocycles. The fourth-order valence-electron chi connectivity index (χ4n) is 3.74. The Morgan fingerprint density at radius 2 is 0.903 bits per heavy atom. The first-order valence-electron chi connectivity index (χ1n) is 9.31. The van der Waals surface area contributed by atoms with Gasteiger partial charge in [-0.2, -0.15) is 0 Å². The van der Waals surface area contributed by atoms with Gasteiger partial charge >= 0.3 is 0 Å². The Morgan fingerprint density at radius 1 is 0.484 bits per heavy atom. The molecular formula is C24H13BrI4N2. The monoisotopic (exact) mass is 916 g/mol. The summed E-state index contributed by atoms with van der Waals surface area (Å²) in [5, 5.41) is 5.21. The Labute approximate surface area is 242 Å². The summed E-state index contributed by atoms with van der Waals surface area (Å²) in [6.07, 6.45) is 0. The van der Waals surface area contributed by atoms with E-state index >= 15 is 0 Å². The zero-order valence-corrected chi connectivity index (χ0v) is 26.0. The molecule has 0 amide bonds. The third-order valence-electron chi connectivity index (χ3n) is 5.11. The molecule has 4 aromatic carbocycles. The highest BCUT2D eigenvalue weighted by atomic mass is 127. The molecule has 7 heteroatoms. The number of halogens is 5. The van der Waals surface area contributed by atoms with Crippen LogP contribution in [0.2, 0.25) is 0 Å². The Kier molecular flexibility index (Phi) is 6.77. The average Bonchev–Trinajstić information content (AvgIpc) is 3.26. The number of H-pyrrole nitrogens is 2. The number of hydrogen-bond acceptors (Lipinski definition) is 0. The van der Waals surface area contributed by atoms with Crippen LogP contribution in [-0.4, -0.2) is 9.97 Å². The van der Waals surface area contributed by atoms with Gasteiger partial charge in [0, 0.05) is 56.8 Å². The molecule has 154 valence electrons. The first-order chi connectivity index (χ1) is 14.9. The van der Waals surface area contributed by atoms with E-state index in [1.807, 2.05) is 0 Å². The van der Waals surface area contributed by atoms with Crippen molar-refractivity contribution in [2.24, 2.45) is 0 Å². The molecule has 0 saturated carbocycles. The van der Waals surface area contributed by atoms with E-state index in [4.69, 9.17) is 0 Å². The molecule has 0 aliphatic carbocycles. The first-order valence-corrected chi connectivity index (χ1v) is 14.4. The van der Waals surface area contributed by atoms with Crippen LogP contribution in [0.1, 0.15) is 0 Å². The summed E-state index contributed by atoms with van der Waals surface area (Å²) in [4.78, 5) is 6.87. The van der Waals surface area contributed by atoms with Crippen molar-refractivity contribution >= 4 is 150 Å². The maximum atomic E-state index is 3.61. The first kappa shape index (κ1) is 22.7. The van der Waals surface area contributed by atoms with E-state index in [9.17, 15) is 0 Å². The van der Waals surface area contributed by atoms with Gasteiger partial charge in [-0.25, -0.2) is 0 Å². The third-order valence-corrected chi connectivity index (χ3v) is 8.37. The maximum Gasteiger partial charge on any atom is 0.0610 e. The topological polar surface area (TPSA) is 31.6 Å². The van der Waals surface area contributed by atoms with Gasteiger partial charge in [-0.05, 0) is 173 Å². The standard InChI is InChI=1S/C12H6BrI2N.C12H7I2N/c13-10-5-7(15)4-9-8-3-6(14)1-2-11(8)16-12(9)10;13-7-1-3-11-9(5-7)10-6-8(14)2-4-12(10)15-11/h1-5,16H;1-6,15H. The lowest BCUT2D eigenvalue weighted by Crippen LogP contribution is -1.74. The number of nitrogens with one attached hydrogen (secondary N) is 2. The molecule has 0 aliphatic rings. The van der Waals surface area contributed by atoms with E-state index < -0.39 is 0 Å². The van der Waals surface area contributed by atoms with Crippen LogP contribution in [0.25, 0.3) is 43.6 Å². The summed E-state index contributed by atoms with van der Waals surface area (Å²) in [6.45, 7) is 0. The predicted octanol–water partition coefficient (Wildman–Crippen LogP) is 9.82. The molecule has 2 aromatic heterocycles. The Bertz CT molecular complexity index is 1540. The molecule has 0 atom stereocenters. The predicted molar refractivity (Wildman–Crippen MR) is 170 cm³/mol. The van der Waals surface area contributed by atoms with Gasteiger partial charge in [0.15, 0.2) is 0 Å². The highest BCUT2D eigenvalue weighted by Gasteiger charge is 2.08. The average molecular weight is 917 g/mol. The molecule has 31 heavy (non-hydrogen) atoms. The highest BCUT2D eigenvalue weighted by molar-refractivity contribution is 14.1. The summed E-state index contributed by atoms with van der Waals surface area (Å²) < 4.78 is 6.19. The van der Waals surface area contributed by atoms with Gasteiger partial charge in [-0.1, -0.05) is 0 Å². The van der Waals surface area contributed by atoms with Gasteiger partial charge in [-0.3, -0.25) is 0 Å². The minimum absolute atomic E-state index is 1.13. The molecule has 2 heterocycles. The molecular weight excluding hydrogens is 904 g/mol. The number of hydrogen-bond donors (Lipinski definition) is 2. The van der Waals surface area contributed by atoms with Crippen molar-refractivity contribution in [3.63, 3.8) is 0 Å². The molecule has 0 bridgehead atoms. The van der Waals surface area contributed by atoms with Gasteiger partial charge in [0.1, 0.15) is 0 Å². The summed E-state index contributed by atoms with van der Waals surface area (Å²) in [5.41, 5.74) is 4.80. The van der Waals surface area contributed by atoms with Gasteiger partial charge in [-0.15, -0.1) is 0 Å². The van der Waals surface area contributed by atoms with Crippen LogP contribution in [0.15, 0.2) is 71.2 Å². The smallest absolute Gasteiger partial charge is 0.0610 e. The van der Waals surface area contributed by atoms with E-state index in [2.05, 4.69) is 183 Å². The largest absolute Gasteiger partial charge is 0.355 e. The summed E-state index contributed by atoms with van der Waals surface area (Å²) in [7, 11) is 0. The van der Waals surface area contributed by atoms with Gasteiger partial charge in [0.25, 0.3) is 0 Å². The van der Waals surface area contributed by atoms with Gasteiger partial charge in [0.05, 0.1) is 5.52 Å². The van der Waals surface area contributed by atoms with Crippen molar-refractivity contribution < 1.29 is 0 Å². The van der Waals surface area contributed by atoms with Crippen LogP contribution in [-0.2, 0) is 0 Å². The zero-order valence-electron chi connectivity index (χ0n) is 15.7. The SMILES string of the molecule is Brc1cc(I)cc2c1[nH]c1ccc(I)cc12.Ic1ccc2[nH]c3ccc(I)cc3c2c1. The molecule has 0 spiro atoms. The summed E-state index contributed by atoms with van der Waals surface area (Å²) in [6, 6.07) is 23.8. The Hall–Kier alpha value is -0.120. The zero-order chi connectivity index (χ0) is 21.7. The number of fused-ring (bicyclic) bond motifs is 6. The summed E-state index contributed by atoms with van der Waals surface area (Å²) in [5.74, 6) is 0. The summed E-state index contributed by atoms with van der Waals surface area (Å²) >= 11 is 13.0. The number of aromatic amines is 2. The second kappa shape index (κ2) is 9.26. The van der Waals surface area contributed by atoms with Crippen molar-refractivity contribution in [1.82, 2.24) is 9.97 Å². The third kappa shape index (κ3) is 4.62. The molecule has 0 radical (unpaired) electrons. The number of benzene rings is 4. The Morgan fingerprint density at radius 3 is 1.42 bits per heavy atom. The fourth-order valence-corrected chi connectivity index (χ4v) is 6.82. The van der Waals surface area contributed by atoms with Crippen LogP contribution in [0.5, 0.6) is 0 Å². The lowest BCUT2D eigenvalue weighted by molar-refractivity contribution is 1.52. The molecule has 0 unspecified atom stereocenters. The molecule has 2 nitrogen and oxygen atoms in total. The maximum absolute atomic E-state index is 3.61. The van der Waals surface area contributed by atoms with Crippen molar-refractivity contribution in [3.8, 4) is 0 Å². The van der Waals surface area contributed by atoms with E-state index in [0.717, 1.165) is 4.47 Å². The van der Waals surface area contributed by atoms with Crippen LogP contribution in [0.4, 0.5) is 0 Å². The minimum atomic E-state index is 1.13. The molecule has 6 rings (SSSR count). The van der Waals surface area contributed by atoms with Crippen molar-refractivity contribution in [3.05, 3.63) is 85.5 Å². The van der Waals surface area contributed by atoms with E-state index in [0.29, 0.717) is 0 Å². The second-order valence-electron chi connectivity index (χ2n) is 7.13. The Balaban J connectivity index is 0.000000132. The van der Waals surface area contributed by atoms with Crippen LogP contribution in [0, 0.1) is 14.3 Å². The van der Waals surface area contributed by atoms with Gasteiger partial charge in [0.2, 0.25) is 0 Å². The van der Waals surface area contributed by atoms with Gasteiger partial charge < -0.3 is 9.97 Å². The molecule has 2 N–H and O–H groups in total. The highest BCUT2D eigenvalue weighted by Crippen LogP contribution is 2.33. The molecule has 0 saturated heterocycles. The van der Waals surface area contributed by atoms with Crippen molar-refractivity contribution in [2.75, 3.05) is 0 Å². The quantitative estimate of drug-likeness (QED) is 0.142. The van der Waals surface area contributed by atoms with E-state index in [1.54, 1.807) is 0 Å². The molecule has 0 fully saturated rings. The lowest BCUT2D eigenvalue weighted by atomic mass is 10.2. The van der Waals surface area contributed by atoms with Crippen molar-refractivity contribution in [1.29, 1.82) is 0 Å². The fraction of sp³-hybridized carbons (Fsp3) is 0. The number of aromatic nitrogens is 2. The van der Waals surface area contributed by atoms with E-state index in [1.165, 1.54) is 57.9 Å². The van der Waals surface area contributed by atoms with E-state index in [-0.39, 0.29) is 0 Å². The normalized spacial score (nSPS) is 11.4. The van der Waals surface area contributed by atoms with Crippen LogP contribution < -0.4 is 0 Å². The lowest BCUT2D eigenvalue weighted by Gasteiger charge is -1.96. The number of rotatable bonds is 0. The molecule has 6 aromatic rings. The van der Waals surface area contributed by atoms with Crippen molar-refractivity contribution in [2.45, 2.75) is 0 Å².